The Morgan fingerprint density at radius 3 is 2.45 bits per heavy atom. The summed E-state index contributed by atoms with van der Waals surface area (Å²) in [6.07, 6.45) is 0.701. The summed E-state index contributed by atoms with van der Waals surface area (Å²) < 4.78 is 16.7. The Hall–Kier alpha value is -1.08. The quantitative estimate of drug-likeness (QED) is 0.510. The molecule has 0 atom stereocenters. The molecule has 0 aromatic heterocycles. The molecule has 0 unspecified atom stereocenters. The molecule has 1 aromatic rings. The van der Waals surface area contributed by atoms with Gasteiger partial charge in [-0.2, -0.15) is 0 Å². The predicted molar refractivity (Wildman–Crippen MR) is 80.5 cm³/mol. The normalized spacial score (nSPS) is 10.0. The van der Waals surface area contributed by atoms with Crippen LogP contribution in [0.2, 0.25) is 0 Å². The molecule has 0 aliphatic carbocycles. The van der Waals surface area contributed by atoms with Gasteiger partial charge in [-0.15, -0.1) is 0 Å². The lowest BCUT2D eigenvalue weighted by Crippen LogP contribution is -2.15. The molecular formula is C13H14Br2O5. The molecule has 0 aliphatic heterocycles. The number of hydrogen-bond donors (Lipinski definition) is 0. The molecular weight excluding hydrogens is 396 g/mol. The van der Waals surface area contributed by atoms with Crippen LogP contribution in [-0.4, -0.2) is 32.1 Å². The van der Waals surface area contributed by atoms with Gasteiger partial charge in [-0.3, -0.25) is 4.79 Å². The molecule has 1 rings (SSSR count). The van der Waals surface area contributed by atoms with Gasteiger partial charge in [0.1, 0.15) is 0 Å². The highest BCUT2D eigenvalue weighted by atomic mass is 79.9. The van der Waals surface area contributed by atoms with Crippen LogP contribution in [0, 0.1) is 0 Å². The van der Waals surface area contributed by atoms with E-state index in [1.165, 1.54) is 0 Å². The number of aldehydes is 1. The van der Waals surface area contributed by atoms with Crippen LogP contribution >= 0.6 is 31.9 Å². The maximum absolute atomic E-state index is 11.3. The molecule has 20 heavy (non-hydrogen) atoms. The van der Waals surface area contributed by atoms with Crippen molar-refractivity contribution in [1.82, 2.24) is 0 Å². The summed E-state index contributed by atoms with van der Waals surface area (Å²) in [5, 5.41) is 0. The summed E-state index contributed by atoms with van der Waals surface area (Å²) in [5.41, 5.74) is 0.420. The van der Waals surface area contributed by atoms with E-state index in [0.29, 0.717) is 38.9 Å². The van der Waals surface area contributed by atoms with Crippen molar-refractivity contribution in [2.45, 2.75) is 13.8 Å². The molecule has 110 valence electrons. The van der Waals surface area contributed by atoms with E-state index in [1.807, 2.05) is 6.92 Å². The molecule has 0 heterocycles. The van der Waals surface area contributed by atoms with Gasteiger partial charge in [-0.1, -0.05) is 0 Å². The monoisotopic (exact) mass is 408 g/mol. The molecule has 0 amide bonds. The van der Waals surface area contributed by atoms with E-state index in [4.69, 9.17) is 14.2 Å². The summed E-state index contributed by atoms with van der Waals surface area (Å²) in [7, 11) is 0. The number of rotatable bonds is 7. The van der Waals surface area contributed by atoms with E-state index in [1.54, 1.807) is 13.0 Å². The Bertz CT molecular complexity index is 502. The van der Waals surface area contributed by atoms with Gasteiger partial charge in [-0.05, 0) is 51.8 Å². The molecule has 7 heteroatoms. The minimum Gasteiger partial charge on any atom is -0.490 e. The third kappa shape index (κ3) is 4.21. The van der Waals surface area contributed by atoms with Gasteiger partial charge in [0.2, 0.25) is 0 Å². The topological polar surface area (TPSA) is 61.8 Å². The summed E-state index contributed by atoms with van der Waals surface area (Å²) in [6.45, 7) is 3.98. The van der Waals surface area contributed by atoms with Crippen LogP contribution in [0.5, 0.6) is 11.5 Å². The van der Waals surface area contributed by atoms with Crippen molar-refractivity contribution in [2.75, 3.05) is 19.8 Å². The van der Waals surface area contributed by atoms with Crippen molar-refractivity contribution in [2.24, 2.45) is 0 Å². The van der Waals surface area contributed by atoms with E-state index in [2.05, 4.69) is 31.9 Å². The zero-order chi connectivity index (χ0) is 15.1. The van der Waals surface area contributed by atoms with Crippen LogP contribution in [0.15, 0.2) is 15.0 Å². The van der Waals surface area contributed by atoms with E-state index < -0.39 is 5.97 Å². The highest BCUT2D eigenvalue weighted by molar-refractivity contribution is 9.13. The largest absolute Gasteiger partial charge is 0.490 e. The maximum Gasteiger partial charge on any atom is 0.344 e. The van der Waals surface area contributed by atoms with Gasteiger partial charge >= 0.3 is 5.97 Å². The average molecular weight is 410 g/mol. The lowest BCUT2D eigenvalue weighted by atomic mass is 10.2. The van der Waals surface area contributed by atoms with Crippen molar-refractivity contribution >= 4 is 44.1 Å². The third-order valence-corrected chi connectivity index (χ3v) is 4.37. The van der Waals surface area contributed by atoms with Crippen molar-refractivity contribution in [1.29, 1.82) is 0 Å². The lowest BCUT2D eigenvalue weighted by Gasteiger charge is -2.15. The number of esters is 1. The standard InChI is InChI=1S/C13H14Br2O5/c1-3-18-9-5-8(6-16)11(14)12(15)13(9)20-7-10(17)19-4-2/h5-6H,3-4,7H2,1-2H3. The zero-order valence-corrected chi connectivity index (χ0v) is 14.2. The second-order valence-electron chi connectivity index (χ2n) is 3.57. The molecule has 0 fully saturated rings. The number of carbonyl (C=O) groups is 2. The van der Waals surface area contributed by atoms with Gasteiger partial charge in [0.15, 0.2) is 24.4 Å². The van der Waals surface area contributed by atoms with E-state index in [-0.39, 0.29) is 13.2 Å². The Kier molecular flexibility index (Phi) is 7.01. The first kappa shape index (κ1) is 17.0. The fraction of sp³-hybridized carbons (Fsp3) is 0.385. The Morgan fingerprint density at radius 2 is 1.90 bits per heavy atom. The first-order valence-electron chi connectivity index (χ1n) is 5.93. The fourth-order valence-corrected chi connectivity index (χ4v) is 2.35. The van der Waals surface area contributed by atoms with E-state index in [0.717, 1.165) is 0 Å². The Balaban J connectivity index is 3.06. The second kappa shape index (κ2) is 8.26. The minimum absolute atomic E-state index is 0.237. The summed E-state index contributed by atoms with van der Waals surface area (Å²) >= 11 is 6.60. The van der Waals surface area contributed by atoms with Gasteiger partial charge in [0.05, 0.1) is 17.7 Å². The summed E-state index contributed by atoms with van der Waals surface area (Å²) in [5.74, 6) is 0.254. The van der Waals surface area contributed by atoms with Crippen molar-refractivity contribution in [3.05, 3.63) is 20.6 Å². The number of halogens is 2. The van der Waals surface area contributed by atoms with Crippen molar-refractivity contribution in [3.63, 3.8) is 0 Å². The molecule has 0 aliphatic rings. The van der Waals surface area contributed by atoms with Crippen molar-refractivity contribution < 1.29 is 23.8 Å². The van der Waals surface area contributed by atoms with Gasteiger partial charge in [-0.25, -0.2) is 4.79 Å². The summed E-state index contributed by atoms with van der Waals surface area (Å²) in [4.78, 5) is 22.3. The first-order chi connectivity index (χ1) is 9.54. The highest BCUT2D eigenvalue weighted by Crippen LogP contribution is 2.42. The Morgan fingerprint density at radius 1 is 1.20 bits per heavy atom. The number of carbonyl (C=O) groups excluding carboxylic acids is 2. The maximum atomic E-state index is 11.3. The van der Waals surface area contributed by atoms with Gasteiger partial charge in [0.25, 0.3) is 0 Å². The van der Waals surface area contributed by atoms with Crippen LogP contribution in [0.3, 0.4) is 0 Å². The van der Waals surface area contributed by atoms with Crippen molar-refractivity contribution in [3.8, 4) is 11.5 Å². The third-order valence-electron chi connectivity index (χ3n) is 2.22. The molecule has 0 bridgehead atoms. The fourth-order valence-electron chi connectivity index (χ4n) is 1.42. The van der Waals surface area contributed by atoms with Crippen LogP contribution in [0.25, 0.3) is 0 Å². The molecule has 0 radical (unpaired) electrons. The molecule has 0 spiro atoms. The average Bonchev–Trinajstić information content (AvgIpc) is 2.42. The minimum atomic E-state index is -0.475. The smallest absolute Gasteiger partial charge is 0.344 e. The zero-order valence-electron chi connectivity index (χ0n) is 11.1. The van der Waals surface area contributed by atoms with Crippen LogP contribution in [-0.2, 0) is 9.53 Å². The highest BCUT2D eigenvalue weighted by Gasteiger charge is 2.18. The number of ether oxygens (including phenoxy) is 3. The van der Waals surface area contributed by atoms with E-state index >= 15 is 0 Å². The molecule has 0 saturated heterocycles. The summed E-state index contributed by atoms with van der Waals surface area (Å²) in [6, 6.07) is 1.55. The molecule has 0 N–H and O–H groups in total. The van der Waals surface area contributed by atoms with Crippen LogP contribution in [0.1, 0.15) is 24.2 Å². The second-order valence-corrected chi connectivity index (χ2v) is 5.15. The van der Waals surface area contributed by atoms with Crippen LogP contribution in [0.4, 0.5) is 0 Å². The van der Waals surface area contributed by atoms with E-state index in [9.17, 15) is 9.59 Å². The van der Waals surface area contributed by atoms with Gasteiger partial charge < -0.3 is 14.2 Å². The Labute approximate surface area is 133 Å². The number of hydrogen-bond acceptors (Lipinski definition) is 5. The predicted octanol–water partition coefficient (Wildman–Crippen LogP) is 3.36. The lowest BCUT2D eigenvalue weighted by molar-refractivity contribution is -0.145. The first-order valence-corrected chi connectivity index (χ1v) is 7.52. The number of benzene rings is 1. The molecule has 5 nitrogen and oxygen atoms in total. The molecule has 0 saturated carbocycles. The molecule has 1 aromatic carbocycles. The SMILES string of the molecule is CCOC(=O)COc1c(OCC)cc(C=O)c(Br)c1Br. The van der Waals surface area contributed by atoms with Gasteiger partial charge in [0, 0.05) is 10.0 Å². The van der Waals surface area contributed by atoms with Crippen LogP contribution < -0.4 is 9.47 Å².